The van der Waals surface area contributed by atoms with Gasteiger partial charge in [-0.15, -0.1) is 0 Å². The molecule has 0 fully saturated rings. The molecule has 3 N–H and O–H groups in total. The normalized spacial score (nSPS) is 12.6. The number of carbonyl (C=O) groups is 2. The monoisotopic (exact) mass is 438 g/mol. The first-order chi connectivity index (χ1) is 13.6. The Bertz CT molecular complexity index is 957. The first-order valence-corrected chi connectivity index (χ1v) is 10.8. The number of carboxylic acid groups (broad SMARTS) is 1. The van der Waals surface area contributed by atoms with E-state index in [1.807, 2.05) is 13.8 Å². The molecule has 2 aromatic rings. The predicted molar refractivity (Wildman–Crippen MR) is 110 cm³/mol. The number of halogens is 1. The van der Waals surface area contributed by atoms with Crippen LogP contribution in [0.15, 0.2) is 53.4 Å². The lowest BCUT2D eigenvalue weighted by Gasteiger charge is -2.16. The number of rotatable bonds is 9. The maximum Gasteiger partial charge on any atom is 0.321 e. The molecular weight excluding hydrogens is 416 g/mol. The molecule has 0 aromatic heterocycles. The zero-order valence-corrected chi connectivity index (χ0v) is 17.6. The molecular formula is C20H23ClN2O5S. The number of nitrogens with one attached hydrogen (secondary N) is 2. The second kappa shape index (κ2) is 9.87. The van der Waals surface area contributed by atoms with Gasteiger partial charge in [-0.1, -0.05) is 37.6 Å². The van der Waals surface area contributed by atoms with Crippen LogP contribution in [-0.2, 0) is 21.4 Å². The standard InChI is InChI=1S/C20H23ClN2O5S/c1-13(2)11-18(20(25)26)23-29(27,28)17-9-3-14(4-10-17)12-22-19(24)15-5-7-16(21)8-6-15/h3-10,13,18,23H,11-12H2,1-2H3,(H,22,24)(H,25,26). The van der Waals surface area contributed by atoms with Gasteiger partial charge in [-0.3, -0.25) is 9.59 Å². The van der Waals surface area contributed by atoms with E-state index in [2.05, 4.69) is 10.0 Å². The number of benzene rings is 2. The van der Waals surface area contributed by atoms with Crippen molar-refractivity contribution in [2.45, 2.75) is 37.8 Å². The van der Waals surface area contributed by atoms with Crippen molar-refractivity contribution in [3.63, 3.8) is 0 Å². The maximum absolute atomic E-state index is 12.5. The molecule has 0 aliphatic heterocycles. The van der Waals surface area contributed by atoms with Gasteiger partial charge in [0.25, 0.3) is 5.91 Å². The van der Waals surface area contributed by atoms with Gasteiger partial charge in [0.05, 0.1) is 4.90 Å². The molecule has 0 aliphatic carbocycles. The highest BCUT2D eigenvalue weighted by atomic mass is 35.5. The van der Waals surface area contributed by atoms with Crippen molar-refractivity contribution < 1.29 is 23.1 Å². The van der Waals surface area contributed by atoms with Gasteiger partial charge in [-0.2, -0.15) is 4.72 Å². The molecule has 0 radical (unpaired) electrons. The third-order valence-corrected chi connectivity index (χ3v) is 5.84. The molecule has 1 atom stereocenters. The molecule has 156 valence electrons. The third kappa shape index (κ3) is 6.85. The van der Waals surface area contributed by atoms with Gasteiger partial charge in [0.2, 0.25) is 10.0 Å². The van der Waals surface area contributed by atoms with E-state index in [0.29, 0.717) is 16.1 Å². The van der Waals surface area contributed by atoms with Gasteiger partial charge in [0.15, 0.2) is 0 Å². The van der Waals surface area contributed by atoms with Crippen LogP contribution in [0.3, 0.4) is 0 Å². The number of sulfonamides is 1. The van der Waals surface area contributed by atoms with E-state index >= 15 is 0 Å². The quantitative estimate of drug-likeness (QED) is 0.557. The van der Waals surface area contributed by atoms with Gasteiger partial charge in [-0.25, -0.2) is 8.42 Å². The number of aliphatic carboxylic acids is 1. The highest BCUT2D eigenvalue weighted by Gasteiger charge is 2.26. The number of hydrogen-bond acceptors (Lipinski definition) is 4. The van der Waals surface area contributed by atoms with Crippen LogP contribution >= 0.6 is 11.6 Å². The summed E-state index contributed by atoms with van der Waals surface area (Å²) < 4.78 is 27.2. The number of amides is 1. The van der Waals surface area contributed by atoms with Crippen LogP contribution in [0.1, 0.15) is 36.2 Å². The van der Waals surface area contributed by atoms with E-state index in [1.165, 1.54) is 12.1 Å². The van der Waals surface area contributed by atoms with Crippen molar-refractivity contribution in [2.24, 2.45) is 5.92 Å². The fourth-order valence-electron chi connectivity index (χ4n) is 2.60. The van der Waals surface area contributed by atoms with E-state index in [9.17, 15) is 23.1 Å². The Morgan fingerprint density at radius 3 is 2.14 bits per heavy atom. The van der Waals surface area contributed by atoms with E-state index in [1.54, 1.807) is 36.4 Å². The highest BCUT2D eigenvalue weighted by Crippen LogP contribution is 2.14. The molecule has 1 amide bonds. The van der Waals surface area contributed by atoms with Gasteiger partial charge >= 0.3 is 5.97 Å². The lowest BCUT2D eigenvalue weighted by molar-refractivity contribution is -0.139. The molecule has 1 unspecified atom stereocenters. The van der Waals surface area contributed by atoms with Gasteiger partial charge in [0, 0.05) is 17.1 Å². The molecule has 0 saturated carbocycles. The average Bonchev–Trinajstić information content (AvgIpc) is 2.66. The molecule has 7 nitrogen and oxygen atoms in total. The Balaban J connectivity index is 2.02. The second-order valence-corrected chi connectivity index (χ2v) is 9.13. The van der Waals surface area contributed by atoms with Crippen molar-refractivity contribution in [3.05, 3.63) is 64.7 Å². The van der Waals surface area contributed by atoms with Crippen LogP contribution in [0.4, 0.5) is 0 Å². The summed E-state index contributed by atoms with van der Waals surface area (Å²) in [5, 5.41) is 12.5. The molecule has 9 heteroatoms. The van der Waals surface area contributed by atoms with Crippen LogP contribution in [0.2, 0.25) is 5.02 Å². The summed E-state index contributed by atoms with van der Waals surface area (Å²) in [7, 11) is -3.98. The van der Waals surface area contributed by atoms with Gasteiger partial charge in [-0.05, 0) is 54.3 Å². The lowest BCUT2D eigenvalue weighted by atomic mass is 10.1. The smallest absolute Gasteiger partial charge is 0.321 e. The fourth-order valence-corrected chi connectivity index (χ4v) is 3.93. The summed E-state index contributed by atoms with van der Waals surface area (Å²) in [5.41, 5.74) is 1.16. The summed E-state index contributed by atoms with van der Waals surface area (Å²) in [6, 6.07) is 11.1. The summed E-state index contributed by atoms with van der Waals surface area (Å²) in [4.78, 5) is 23.4. The van der Waals surface area contributed by atoms with Gasteiger partial charge < -0.3 is 10.4 Å². The van der Waals surface area contributed by atoms with E-state index in [4.69, 9.17) is 11.6 Å². The maximum atomic E-state index is 12.5. The number of hydrogen-bond donors (Lipinski definition) is 3. The largest absolute Gasteiger partial charge is 0.480 e. The molecule has 0 bridgehead atoms. The van der Waals surface area contributed by atoms with Crippen molar-refractivity contribution in [1.82, 2.24) is 10.0 Å². The van der Waals surface area contributed by atoms with Crippen LogP contribution in [0.5, 0.6) is 0 Å². The van der Waals surface area contributed by atoms with E-state index < -0.39 is 22.0 Å². The first kappa shape index (κ1) is 22.9. The summed E-state index contributed by atoms with van der Waals surface area (Å²) in [6.07, 6.45) is 0.184. The molecule has 0 heterocycles. The summed E-state index contributed by atoms with van der Waals surface area (Å²) >= 11 is 5.80. The van der Waals surface area contributed by atoms with Gasteiger partial charge in [0.1, 0.15) is 6.04 Å². The lowest BCUT2D eigenvalue weighted by Crippen LogP contribution is -2.41. The molecule has 2 aromatic carbocycles. The molecule has 2 rings (SSSR count). The SMILES string of the molecule is CC(C)CC(NS(=O)(=O)c1ccc(CNC(=O)c2ccc(Cl)cc2)cc1)C(=O)O. The van der Waals surface area contributed by atoms with Crippen molar-refractivity contribution in [2.75, 3.05) is 0 Å². The first-order valence-electron chi connectivity index (χ1n) is 8.96. The Morgan fingerprint density at radius 1 is 1.03 bits per heavy atom. The zero-order chi connectivity index (χ0) is 21.6. The number of carbonyl (C=O) groups excluding carboxylic acids is 1. The zero-order valence-electron chi connectivity index (χ0n) is 16.1. The van der Waals surface area contributed by atoms with Crippen LogP contribution in [-0.4, -0.2) is 31.4 Å². The van der Waals surface area contributed by atoms with Crippen LogP contribution in [0.25, 0.3) is 0 Å². The summed E-state index contributed by atoms with van der Waals surface area (Å²) in [5.74, 6) is -1.48. The van der Waals surface area contributed by atoms with Crippen molar-refractivity contribution in [1.29, 1.82) is 0 Å². The van der Waals surface area contributed by atoms with Crippen molar-refractivity contribution >= 4 is 33.5 Å². The Labute approximate surface area is 175 Å². The Morgan fingerprint density at radius 2 is 1.62 bits per heavy atom. The molecule has 29 heavy (non-hydrogen) atoms. The minimum Gasteiger partial charge on any atom is -0.480 e. The van der Waals surface area contributed by atoms with Crippen LogP contribution in [0, 0.1) is 5.92 Å². The van der Waals surface area contributed by atoms with Crippen LogP contribution < -0.4 is 10.0 Å². The Kier molecular flexibility index (Phi) is 7.78. The minimum absolute atomic E-state index is 0.0189. The number of carboxylic acids is 1. The Hall–Kier alpha value is -2.42. The summed E-state index contributed by atoms with van der Waals surface area (Å²) in [6.45, 7) is 3.84. The minimum atomic E-state index is -3.98. The fraction of sp³-hybridized carbons (Fsp3) is 0.300. The molecule has 0 saturated heterocycles. The van der Waals surface area contributed by atoms with E-state index in [0.717, 1.165) is 0 Å². The predicted octanol–water partition coefficient (Wildman–Crippen LogP) is 3.05. The molecule has 0 spiro atoms. The van der Waals surface area contributed by atoms with Crippen molar-refractivity contribution in [3.8, 4) is 0 Å². The van der Waals surface area contributed by atoms with E-state index in [-0.39, 0.29) is 29.7 Å². The highest BCUT2D eigenvalue weighted by molar-refractivity contribution is 7.89. The average molecular weight is 439 g/mol. The second-order valence-electron chi connectivity index (χ2n) is 6.98. The molecule has 0 aliphatic rings. The third-order valence-electron chi connectivity index (χ3n) is 4.10. The topological polar surface area (TPSA) is 113 Å².